The van der Waals surface area contributed by atoms with Crippen molar-refractivity contribution in [3.8, 4) is 0 Å². The van der Waals surface area contributed by atoms with Crippen LogP contribution in [0.5, 0.6) is 0 Å². The van der Waals surface area contributed by atoms with Gasteiger partial charge in [-0.2, -0.15) is 0 Å². The second kappa shape index (κ2) is 6.03. The number of carbonyl (C=O) groups is 2. The number of aryl methyl sites for hydroxylation is 2. The molecule has 0 spiro atoms. The van der Waals surface area contributed by atoms with Crippen molar-refractivity contribution in [3.63, 3.8) is 0 Å². The Balaban J connectivity index is 1.85. The van der Waals surface area contributed by atoms with Gasteiger partial charge < -0.3 is 10.2 Å². The van der Waals surface area contributed by atoms with Gasteiger partial charge in [0.2, 0.25) is 11.8 Å². The van der Waals surface area contributed by atoms with Crippen molar-refractivity contribution in [1.82, 2.24) is 0 Å². The summed E-state index contributed by atoms with van der Waals surface area (Å²) >= 11 is 0. The maximum Gasteiger partial charge on any atom is 0.244 e. The van der Waals surface area contributed by atoms with E-state index in [-0.39, 0.29) is 18.4 Å². The molecule has 2 aromatic carbocycles. The fourth-order valence-corrected chi connectivity index (χ4v) is 3.32. The van der Waals surface area contributed by atoms with Crippen molar-refractivity contribution in [2.24, 2.45) is 0 Å². The second-order valence-electron chi connectivity index (χ2n) is 7.33. The first-order valence-corrected chi connectivity index (χ1v) is 8.51. The molecule has 1 heterocycles. The Kier molecular flexibility index (Phi) is 4.15. The molecule has 0 radical (unpaired) electrons. The van der Waals surface area contributed by atoms with Crippen LogP contribution < -0.4 is 10.2 Å². The second-order valence-corrected chi connectivity index (χ2v) is 7.33. The van der Waals surface area contributed by atoms with E-state index in [4.69, 9.17) is 0 Å². The highest BCUT2D eigenvalue weighted by Gasteiger charge is 2.44. The molecular formula is C21H24N2O2. The number of amides is 2. The molecule has 1 N–H and O–H groups in total. The molecule has 4 nitrogen and oxygen atoms in total. The van der Waals surface area contributed by atoms with Crippen LogP contribution in [0.15, 0.2) is 36.4 Å². The van der Waals surface area contributed by atoms with Crippen LogP contribution in [0.3, 0.4) is 0 Å². The van der Waals surface area contributed by atoms with E-state index in [1.165, 1.54) is 0 Å². The monoisotopic (exact) mass is 336 g/mol. The first-order chi connectivity index (χ1) is 11.7. The first kappa shape index (κ1) is 17.2. The smallest absolute Gasteiger partial charge is 0.244 e. The molecule has 0 saturated heterocycles. The van der Waals surface area contributed by atoms with Crippen LogP contribution in [0.25, 0.3) is 0 Å². The molecule has 0 aromatic heterocycles. The summed E-state index contributed by atoms with van der Waals surface area (Å²) in [5, 5.41) is 2.94. The number of nitrogens with zero attached hydrogens (tertiary/aromatic N) is 1. The topological polar surface area (TPSA) is 49.4 Å². The average Bonchev–Trinajstić information content (AvgIpc) is 2.73. The lowest BCUT2D eigenvalue weighted by Crippen LogP contribution is -2.40. The van der Waals surface area contributed by atoms with Crippen molar-refractivity contribution >= 4 is 23.2 Å². The van der Waals surface area contributed by atoms with Gasteiger partial charge in [-0.15, -0.1) is 0 Å². The number of hydrogen-bond acceptors (Lipinski definition) is 2. The molecule has 0 atom stereocenters. The third-order valence-electron chi connectivity index (χ3n) is 5.08. The molecule has 0 aliphatic carbocycles. The fourth-order valence-electron chi connectivity index (χ4n) is 3.32. The number of carbonyl (C=O) groups excluding carboxylic acids is 2. The van der Waals surface area contributed by atoms with Crippen molar-refractivity contribution in [3.05, 3.63) is 58.7 Å². The molecule has 1 aliphatic rings. The lowest BCUT2D eigenvalue weighted by Gasteiger charge is -2.20. The van der Waals surface area contributed by atoms with Crippen LogP contribution >= 0.6 is 0 Å². The SMILES string of the molecule is Cc1ccc2c(c1)C(C)(C)C(=O)N2CC(=O)Nc1cccc(C)c1C. The fraction of sp³-hybridized carbons (Fsp3) is 0.333. The maximum absolute atomic E-state index is 12.9. The summed E-state index contributed by atoms with van der Waals surface area (Å²) in [4.78, 5) is 27.0. The van der Waals surface area contributed by atoms with E-state index in [1.807, 2.05) is 71.0 Å². The summed E-state index contributed by atoms with van der Waals surface area (Å²) < 4.78 is 0. The first-order valence-electron chi connectivity index (χ1n) is 8.51. The molecule has 2 aromatic rings. The van der Waals surface area contributed by atoms with Gasteiger partial charge in [0.15, 0.2) is 0 Å². The zero-order chi connectivity index (χ0) is 18.4. The Morgan fingerprint density at radius 1 is 1.12 bits per heavy atom. The molecule has 0 saturated carbocycles. The Labute approximate surface area is 148 Å². The van der Waals surface area contributed by atoms with E-state index < -0.39 is 5.41 Å². The molecule has 0 bridgehead atoms. The van der Waals surface area contributed by atoms with Crippen LogP contribution in [0.4, 0.5) is 11.4 Å². The van der Waals surface area contributed by atoms with Gasteiger partial charge in [-0.25, -0.2) is 0 Å². The van der Waals surface area contributed by atoms with E-state index in [9.17, 15) is 9.59 Å². The molecule has 0 unspecified atom stereocenters. The number of anilines is 2. The molecule has 130 valence electrons. The molecule has 0 fully saturated rings. The van der Waals surface area contributed by atoms with Crippen molar-refractivity contribution in [1.29, 1.82) is 0 Å². The van der Waals surface area contributed by atoms with Crippen LogP contribution in [0, 0.1) is 20.8 Å². The number of hydrogen-bond donors (Lipinski definition) is 1. The van der Waals surface area contributed by atoms with Crippen LogP contribution in [0.1, 0.15) is 36.1 Å². The molecule has 2 amide bonds. The highest BCUT2D eigenvalue weighted by atomic mass is 16.2. The largest absolute Gasteiger partial charge is 0.324 e. The third-order valence-corrected chi connectivity index (χ3v) is 5.08. The summed E-state index contributed by atoms with van der Waals surface area (Å²) in [5.41, 5.74) is 5.27. The molecular weight excluding hydrogens is 312 g/mol. The number of nitrogens with one attached hydrogen (secondary N) is 1. The standard InChI is InChI=1S/C21H24N2O2/c1-13-9-10-18-16(11-13)21(4,5)20(25)23(18)12-19(24)22-17-8-6-7-14(2)15(17)3/h6-11H,12H2,1-5H3,(H,22,24). The van der Waals surface area contributed by atoms with Crippen molar-refractivity contribution < 1.29 is 9.59 Å². The lowest BCUT2D eigenvalue weighted by molar-refractivity contribution is -0.124. The summed E-state index contributed by atoms with van der Waals surface area (Å²) in [5.74, 6) is -0.226. The number of benzene rings is 2. The maximum atomic E-state index is 12.9. The van der Waals surface area contributed by atoms with E-state index in [0.717, 1.165) is 33.6 Å². The number of rotatable bonds is 3. The van der Waals surface area contributed by atoms with Crippen LogP contribution in [-0.2, 0) is 15.0 Å². The zero-order valence-electron chi connectivity index (χ0n) is 15.4. The Bertz CT molecular complexity index is 868. The quantitative estimate of drug-likeness (QED) is 0.925. The molecule has 4 heteroatoms. The third kappa shape index (κ3) is 2.93. The van der Waals surface area contributed by atoms with Gasteiger partial charge in [0.25, 0.3) is 0 Å². The predicted molar refractivity (Wildman–Crippen MR) is 101 cm³/mol. The Morgan fingerprint density at radius 3 is 2.56 bits per heavy atom. The highest BCUT2D eigenvalue weighted by molar-refractivity contribution is 6.11. The van der Waals surface area contributed by atoms with E-state index in [1.54, 1.807) is 4.90 Å². The van der Waals surface area contributed by atoms with Gasteiger partial charge in [0, 0.05) is 11.4 Å². The predicted octanol–water partition coefficient (Wildman–Crippen LogP) is 3.87. The minimum absolute atomic E-state index is 0.0195. The highest BCUT2D eigenvalue weighted by Crippen LogP contribution is 2.41. The van der Waals surface area contributed by atoms with Gasteiger partial charge >= 0.3 is 0 Å². The van der Waals surface area contributed by atoms with E-state index in [0.29, 0.717) is 0 Å². The summed E-state index contributed by atoms with van der Waals surface area (Å²) in [6.07, 6.45) is 0. The summed E-state index contributed by atoms with van der Waals surface area (Å²) in [7, 11) is 0. The summed E-state index contributed by atoms with van der Waals surface area (Å²) in [6.45, 7) is 9.85. The molecule has 1 aliphatic heterocycles. The van der Waals surface area contributed by atoms with Crippen LogP contribution in [0.2, 0.25) is 0 Å². The average molecular weight is 336 g/mol. The Morgan fingerprint density at radius 2 is 1.84 bits per heavy atom. The van der Waals surface area contributed by atoms with E-state index >= 15 is 0 Å². The van der Waals surface area contributed by atoms with E-state index in [2.05, 4.69) is 5.32 Å². The molecule has 25 heavy (non-hydrogen) atoms. The van der Waals surface area contributed by atoms with Crippen molar-refractivity contribution in [2.75, 3.05) is 16.8 Å². The van der Waals surface area contributed by atoms with Gasteiger partial charge in [0.1, 0.15) is 6.54 Å². The van der Waals surface area contributed by atoms with Gasteiger partial charge in [-0.05, 0) is 63.4 Å². The Hall–Kier alpha value is -2.62. The van der Waals surface area contributed by atoms with Gasteiger partial charge in [0.05, 0.1) is 5.41 Å². The number of fused-ring (bicyclic) bond motifs is 1. The summed E-state index contributed by atoms with van der Waals surface area (Å²) in [6, 6.07) is 11.8. The normalized spacial score (nSPS) is 15.2. The minimum atomic E-state index is -0.610. The zero-order valence-corrected chi connectivity index (χ0v) is 15.4. The lowest BCUT2D eigenvalue weighted by atomic mass is 9.85. The minimum Gasteiger partial charge on any atom is -0.324 e. The molecule has 3 rings (SSSR count). The van der Waals surface area contributed by atoms with Gasteiger partial charge in [-0.1, -0.05) is 29.8 Å². The van der Waals surface area contributed by atoms with Crippen molar-refractivity contribution in [2.45, 2.75) is 40.0 Å². The van der Waals surface area contributed by atoms with Crippen LogP contribution in [-0.4, -0.2) is 18.4 Å². The van der Waals surface area contributed by atoms with Gasteiger partial charge in [-0.3, -0.25) is 9.59 Å².